The Hall–Kier alpha value is -3.23. The zero-order valence-corrected chi connectivity index (χ0v) is 18.1. The number of hydrogen-bond acceptors (Lipinski definition) is 5. The Bertz CT molecular complexity index is 1030. The minimum Gasteiger partial charge on any atom is -0.497 e. The maximum absolute atomic E-state index is 5.59. The van der Waals surface area contributed by atoms with Crippen LogP contribution in [0, 0.1) is 0 Å². The number of benzene rings is 2. The molecule has 160 valence electrons. The van der Waals surface area contributed by atoms with Crippen LogP contribution >= 0.6 is 12.2 Å². The smallest absolute Gasteiger partial charge is 0.187 e. The van der Waals surface area contributed by atoms with Crippen LogP contribution in [-0.4, -0.2) is 47.5 Å². The molecule has 0 radical (unpaired) electrons. The average molecular weight is 436 g/mol. The summed E-state index contributed by atoms with van der Waals surface area (Å²) in [6.45, 7) is 1.51. The summed E-state index contributed by atoms with van der Waals surface area (Å²) in [6.07, 6.45) is 6.05. The van der Waals surface area contributed by atoms with Gasteiger partial charge in [0.1, 0.15) is 11.4 Å². The van der Waals surface area contributed by atoms with E-state index in [0.29, 0.717) is 11.7 Å². The maximum Gasteiger partial charge on any atom is 0.187 e. The molecule has 1 aliphatic heterocycles. The molecule has 2 heterocycles. The van der Waals surface area contributed by atoms with E-state index in [2.05, 4.69) is 15.8 Å². The number of thiocarbonyl (C=S) groups is 1. The van der Waals surface area contributed by atoms with Gasteiger partial charge >= 0.3 is 0 Å². The summed E-state index contributed by atoms with van der Waals surface area (Å²) in [5.41, 5.74) is 6.50. The fourth-order valence-electron chi connectivity index (χ4n) is 3.38. The molecule has 7 nitrogen and oxygen atoms in total. The predicted molar refractivity (Wildman–Crippen MR) is 126 cm³/mol. The Morgan fingerprint density at radius 2 is 2.06 bits per heavy atom. The van der Waals surface area contributed by atoms with Gasteiger partial charge in [0.05, 0.1) is 25.1 Å². The van der Waals surface area contributed by atoms with Gasteiger partial charge in [-0.3, -0.25) is 5.43 Å². The summed E-state index contributed by atoms with van der Waals surface area (Å²) in [6, 6.07) is 17.8. The third kappa shape index (κ3) is 5.48. The molecule has 4 rings (SSSR count). The highest BCUT2D eigenvalue weighted by molar-refractivity contribution is 7.80. The number of nitrogens with zero attached hydrogens (tertiary/aromatic N) is 3. The molecule has 2 aromatic carbocycles. The van der Waals surface area contributed by atoms with Crippen LogP contribution in [0.2, 0.25) is 0 Å². The monoisotopic (exact) mass is 435 g/mol. The molecule has 0 saturated carbocycles. The van der Waals surface area contributed by atoms with E-state index in [0.717, 1.165) is 47.7 Å². The van der Waals surface area contributed by atoms with E-state index >= 15 is 0 Å². The van der Waals surface area contributed by atoms with Gasteiger partial charge in [0.25, 0.3) is 0 Å². The number of aromatic nitrogens is 2. The molecule has 0 spiro atoms. The van der Waals surface area contributed by atoms with Crippen molar-refractivity contribution < 1.29 is 9.47 Å². The van der Waals surface area contributed by atoms with Crippen LogP contribution in [0.1, 0.15) is 18.4 Å². The Kier molecular flexibility index (Phi) is 6.91. The van der Waals surface area contributed by atoms with E-state index < -0.39 is 0 Å². The lowest BCUT2D eigenvalue weighted by atomic mass is 10.1. The molecule has 1 aromatic heterocycles. The molecule has 1 saturated heterocycles. The van der Waals surface area contributed by atoms with Crippen LogP contribution in [0.3, 0.4) is 0 Å². The third-order valence-corrected chi connectivity index (χ3v) is 5.25. The summed E-state index contributed by atoms with van der Waals surface area (Å²) < 4.78 is 12.7. The Morgan fingerprint density at radius 3 is 2.77 bits per heavy atom. The second-order valence-electron chi connectivity index (χ2n) is 7.16. The van der Waals surface area contributed by atoms with Crippen molar-refractivity contribution >= 4 is 23.5 Å². The van der Waals surface area contributed by atoms with Crippen LogP contribution in [0.15, 0.2) is 65.9 Å². The van der Waals surface area contributed by atoms with Crippen LogP contribution < -0.4 is 15.5 Å². The van der Waals surface area contributed by atoms with Gasteiger partial charge in [0.2, 0.25) is 0 Å². The van der Waals surface area contributed by atoms with Crippen molar-refractivity contribution in [1.82, 2.24) is 20.5 Å². The van der Waals surface area contributed by atoms with Gasteiger partial charge in [-0.15, -0.1) is 0 Å². The lowest BCUT2D eigenvalue weighted by Gasteiger charge is -2.11. The first-order chi connectivity index (χ1) is 15.2. The highest BCUT2D eigenvalue weighted by atomic mass is 32.1. The summed E-state index contributed by atoms with van der Waals surface area (Å²) in [5, 5.41) is 12.7. The molecule has 3 aromatic rings. The lowest BCUT2D eigenvalue weighted by Crippen LogP contribution is -2.37. The molecule has 0 aliphatic carbocycles. The van der Waals surface area contributed by atoms with Crippen LogP contribution in [-0.2, 0) is 4.74 Å². The first kappa shape index (κ1) is 21.0. The first-order valence-corrected chi connectivity index (χ1v) is 10.6. The number of rotatable bonds is 7. The third-order valence-electron chi connectivity index (χ3n) is 5.01. The van der Waals surface area contributed by atoms with Gasteiger partial charge in [-0.05, 0) is 61.5 Å². The van der Waals surface area contributed by atoms with Crippen molar-refractivity contribution in [3.05, 3.63) is 66.4 Å². The topological polar surface area (TPSA) is 72.7 Å². The molecule has 0 amide bonds. The SMILES string of the molecule is COc1ccc(-c2nn(-c3ccccc3)cc2C=NNC(=S)NCC2CCCO2)cc1. The van der Waals surface area contributed by atoms with E-state index in [1.54, 1.807) is 13.3 Å². The Labute approximate surface area is 187 Å². The molecule has 1 unspecified atom stereocenters. The first-order valence-electron chi connectivity index (χ1n) is 10.2. The zero-order chi connectivity index (χ0) is 21.5. The molecule has 1 atom stereocenters. The average Bonchev–Trinajstić information content (AvgIpc) is 3.49. The van der Waals surface area contributed by atoms with Crippen LogP contribution in [0.25, 0.3) is 16.9 Å². The van der Waals surface area contributed by atoms with Gasteiger partial charge in [0, 0.05) is 30.5 Å². The van der Waals surface area contributed by atoms with Crippen LogP contribution in [0.4, 0.5) is 0 Å². The standard InChI is InChI=1S/C23H25N5O2S/c1-29-20-11-9-17(10-12-20)22-18(16-28(27-22)19-6-3-2-4-7-19)14-25-26-23(31)24-15-21-8-5-13-30-21/h2-4,6-7,9-12,14,16,21H,5,8,13,15H2,1H3,(H2,24,26,31). The minimum absolute atomic E-state index is 0.217. The number of nitrogens with one attached hydrogen (secondary N) is 2. The van der Waals surface area contributed by atoms with Crippen molar-refractivity contribution in [3.63, 3.8) is 0 Å². The van der Waals surface area contributed by atoms with Crippen LogP contribution in [0.5, 0.6) is 5.75 Å². The molecule has 0 bridgehead atoms. The Balaban J connectivity index is 1.51. The molecule has 1 fully saturated rings. The number of methoxy groups -OCH3 is 1. The largest absolute Gasteiger partial charge is 0.497 e. The molecular weight excluding hydrogens is 410 g/mol. The number of para-hydroxylation sites is 1. The molecular formula is C23H25N5O2S. The van der Waals surface area contributed by atoms with Gasteiger partial charge in [-0.2, -0.15) is 10.2 Å². The Morgan fingerprint density at radius 1 is 1.26 bits per heavy atom. The van der Waals surface area contributed by atoms with Crippen molar-refractivity contribution in [1.29, 1.82) is 0 Å². The number of hydrazone groups is 1. The summed E-state index contributed by atoms with van der Waals surface area (Å²) in [5.74, 6) is 0.797. The number of ether oxygens (including phenoxy) is 2. The van der Waals surface area contributed by atoms with Gasteiger partial charge < -0.3 is 14.8 Å². The summed E-state index contributed by atoms with van der Waals surface area (Å²) in [4.78, 5) is 0. The molecule has 2 N–H and O–H groups in total. The van der Waals surface area contributed by atoms with E-state index in [-0.39, 0.29) is 6.10 Å². The van der Waals surface area contributed by atoms with Gasteiger partial charge in [0.15, 0.2) is 5.11 Å². The van der Waals surface area contributed by atoms with Gasteiger partial charge in [-0.25, -0.2) is 4.68 Å². The van der Waals surface area contributed by atoms with Crippen molar-refractivity contribution in [2.24, 2.45) is 5.10 Å². The van der Waals surface area contributed by atoms with Gasteiger partial charge in [-0.1, -0.05) is 18.2 Å². The molecule has 1 aliphatic rings. The lowest BCUT2D eigenvalue weighted by molar-refractivity contribution is 0.114. The maximum atomic E-state index is 5.59. The fourth-order valence-corrected chi connectivity index (χ4v) is 3.52. The molecule has 31 heavy (non-hydrogen) atoms. The van der Waals surface area contributed by atoms with Crippen molar-refractivity contribution in [2.75, 3.05) is 20.3 Å². The summed E-state index contributed by atoms with van der Waals surface area (Å²) >= 11 is 5.31. The summed E-state index contributed by atoms with van der Waals surface area (Å²) in [7, 11) is 1.65. The molecule has 8 heteroatoms. The second-order valence-corrected chi connectivity index (χ2v) is 7.56. The van der Waals surface area contributed by atoms with E-state index in [1.807, 2.05) is 65.5 Å². The highest BCUT2D eigenvalue weighted by Crippen LogP contribution is 2.25. The predicted octanol–water partition coefficient (Wildman–Crippen LogP) is 3.52. The van der Waals surface area contributed by atoms with E-state index in [9.17, 15) is 0 Å². The fraction of sp³-hybridized carbons (Fsp3) is 0.261. The highest BCUT2D eigenvalue weighted by Gasteiger charge is 2.15. The van der Waals surface area contributed by atoms with Crippen molar-refractivity contribution in [2.45, 2.75) is 18.9 Å². The number of hydrogen-bond donors (Lipinski definition) is 2. The second kappa shape index (κ2) is 10.2. The minimum atomic E-state index is 0.217. The zero-order valence-electron chi connectivity index (χ0n) is 17.3. The van der Waals surface area contributed by atoms with E-state index in [1.165, 1.54) is 0 Å². The van der Waals surface area contributed by atoms with E-state index in [4.69, 9.17) is 26.8 Å². The quantitative estimate of drug-likeness (QED) is 0.336. The van der Waals surface area contributed by atoms with Crippen molar-refractivity contribution in [3.8, 4) is 22.7 Å². The normalized spacial score (nSPS) is 15.8.